The van der Waals surface area contributed by atoms with Crippen LogP contribution in [-0.2, 0) is 7.05 Å². The summed E-state index contributed by atoms with van der Waals surface area (Å²) in [6.07, 6.45) is 1.69. The second-order valence-corrected chi connectivity index (χ2v) is 3.23. The SMILES string of the molecule is Cc1c(C)n(C)c2c(=O)[nH]ncc12. The van der Waals surface area contributed by atoms with Crippen LogP contribution in [0.25, 0.3) is 10.9 Å². The Bertz CT molecular complexity index is 521. The van der Waals surface area contributed by atoms with E-state index < -0.39 is 0 Å². The molecule has 0 unspecified atom stereocenters. The Balaban J connectivity index is 3.12. The lowest BCUT2D eigenvalue weighted by Crippen LogP contribution is -2.10. The number of aromatic nitrogens is 3. The number of nitrogens with one attached hydrogen (secondary N) is 1. The topological polar surface area (TPSA) is 50.7 Å². The molecule has 0 aromatic carbocycles. The van der Waals surface area contributed by atoms with E-state index in [0.29, 0.717) is 5.52 Å². The van der Waals surface area contributed by atoms with Crippen LogP contribution in [0.15, 0.2) is 11.0 Å². The third kappa shape index (κ3) is 0.915. The van der Waals surface area contributed by atoms with Crippen LogP contribution in [0.3, 0.4) is 0 Å². The summed E-state index contributed by atoms with van der Waals surface area (Å²) in [6.45, 7) is 3.99. The highest BCUT2D eigenvalue weighted by Crippen LogP contribution is 2.19. The van der Waals surface area contributed by atoms with Crippen molar-refractivity contribution >= 4 is 10.9 Å². The number of H-pyrrole nitrogens is 1. The minimum atomic E-state index is -0.129. The van der Waals surface area contributed by atoms with Crippen LogP contribution in [0.4, 0.5) is 0 Å². The Morgan fingerprint density at radius 1 is 1.46 bits per heavy atom. The molecule has 0 aliphatic rings. The zero-order valence-corrected chi connectivity index (χ0v) is 7.88. The lowest BCUT2D eigenvalue weighted by atomic mass is 10.2. The van der Waals surface area contributed by atoms with E-state index in [0.717, 1.165) is 16.6 Å². The molecule has 0 aliphatic carbocycles. The molecule has 2 aromatic rings. The van der Waals surface area contributed by atoms with Crippen LogP contribution in [-0.4, -0.2) is 14.8 Å². The first kappa shape index (κ1) is 8.04. The summed E-state index contributed by atoms with van der Waals surface area (Å²) in [5.74, 6) is 0. The number of hydrogen-bond acceptors (Lipinski definition) is 2. The van der Waals surface area contributed by atoms with Crippen LogP contribution in [0, 0.1) is 13.8 Å². The zero-order valence-electron chi connectivity index (χ0n) is 7.88. The van der Waals surface area contributed by atoms with Gasteiger partial charge in [0.1, 0.15) is 5.52 Å². The molecule has 13 heavy (non-hydrogen) atoms. The predicted molar refractivity (Wildman–Crippen MR) is 50.8 cm³/mol. The molecule has 0 radical (unpaired) electrons. The molecule has 2 heterocycles. The van der Waals surface area contributed by atoms with Gasteiger partial charge >= 0.3 is 0 Å². The zero-order chi connectivity index (χ0) is 9.59. The summed E-state index contributed by atoms with van der Waals surface area (Å²) in [5.41, 5.74) is 2.80. The van der Waals surface area contributed by atoms with Crippen LogP contribution in [0.5, 0.6) is 0 Å². The Kier molecular flexibility index (Phi) is 1.52. The monoisotopic (exact) mass is 177 g/mol. The maximum atomic E-state index is 11.4. The molecule has 0 saturated carbocycles. The van der Waals surface area contributed by atoms with E-state index in [9.17, 15) is 4.79 Å². The number of fused-ring (bicyclic) bond motifs is 1. The van der Waals surface area contributed by atoms with Gasteiger partial charge in [-0.2, -0.15) is 5.10 Å². The van der Waals surface area contributed by atoms with Crippen LogP contribution >= 0.6 is 0 Å². The third-order valence-corrected chi connectivity index (χ3v) is 2.62. The lowest BCUT2D eigenvalue weighted by Gasteiger charge is -1.95. The molecule has 4 heteroatoms. The molecule has 0 fully saturated rings. The summed E-state index contributed by atoms with van der Waals surface area (Å²) in [7, 11) is 1.89. The second-order valence-electron chi connectivity index (χ2n) is 3.23. The van der Waals surface area contributed by atoms with E-state index in [1.165, 1.54) is 0 Å². The molecule has 0 spiro atoms. The van der Waals surface area contributed by atoms with Gasteiger partial charge in [0, 0.05) is 18.1 Å². The Hall–Kier alpha value is -1.58. The summed E-state index contributed by atoms with van der Waals surface area (Å²) in [6, 6.07) is 0. The van der Waals surface area contributed by atoms with Gasteiger partial charge in [-0.05, 0) is 19.4 Å². The molecule has 0 atom stereocenters. The fourth-order valence-corrected chi connectivity index (χ4v) is 1.61. The molecule has 0 amide bonds. The third-order valence-electron chi connectivity index (χ3n) is 2.62. The molecule has 68 valence electrons. The number of nitrogens with zero attached hydrogens (tertiary/aromatic N) is 2. The summed E-state index contributed by atoms with van der Waals surface area (Å²) < 4.78 is 1.89. The minimum absolute atomic E-state index is 0.129. The van der Waals surface area contributed by atoms with Gasteiger partial charge in [0.25, 0.3) is 5.56 Å². The van der Waals surface area contributed by atoms with Gasteiger partial charge in [-0.25, -0.2) is 5.10 Å². The molecular formula is C9H11N3O. The summed E-state index contributed by atoms with van der Waals surface area (Å²) in [5, 5.41) is 7.14. The van der Waals surface area contributed by atoms with Gasteiger partial charge in [0.15, 0.2) is 0 Å². The average molecular weight is 177 g/mol. The number of hydrogen-bond donors (Lipinski definition) is 1. The van der Waals surface area contributed by atoms with Gasteiger partial charge < -0.3 is 4.57 Å². The van der Waals surface area contributed by atoms with Crippen molar-refractivity contribution in [1.82, 2.24) is 14.8 Å². The predicted octanol–water partition coefficient (Wildman–Crippen LogP) is 0.878. The molecule has 0 bridgehead atoms. The lowest BCUT2D eigenvalue weighted by molar-refractivity contribution is 0.893. The van der Waals surface area contributed by atoms with E-state index >= 15 is 0 Å². The first-order valence-corrected chi connectivity index (χ1v) is 4.12. The molecule has 1 N–H and O–H groups in total. The van der Waals surface area contributed by atoms with Crippen molar-refractivity contribution in [2.24, 2.45) is 7.05 Å². The Morgan fingerprint density at radius 3 is 2.77 bits per heavy atom. The fourth-order valence-electron chi connectivity index (χ4n) is 1.61. The van der Waals surface area contributed by atoms with E-state index in [4.69, 9.17) is 0 Å². The number of aromatic amines is 1. The van der Waals surface area contributed by atoms with Gasteiger partial charge in [-0.15, -0.1) is 0 Å². The van der Waals surface area contributed by atoms with Crippen molar-refractivity contribution in [2.45, 2.75) is 13.8 Å². The molecular weight excluding hydrogens is 166 g/mol. The molecule has 2 rings (SSSR count). The number of aryl methyl sites for hydroxylation is 2. The van der Waals surface area contributed by atoms with Gasteiger partial charge in [-0.1, -0.05) is 0 Å². The summed E-state index contributed by atoms with van der Waals surface area (Å²) in [4.78, 5) is 11.4. The van der Waals surface area contributed by atoms with Gasteiger partial charge in [0.2, 0.25) is 0 Å². The van der Waals surface area contributed by atoms with Crippen molar-refractivity contribution in [3.63, 3.8) is 0 Å². The number of rotatable bonds is 0. The fraction of sp³-hybridized carbons (Fsp3) is 0.333. The molecule has 4 nitrogen and oxygen atoms in total. The minimum Gasteiger partial charge on any atom is -0.343 e. The highest BCUT2D eigenvalue weighted by molar-refractivity contribution is 5.83. The second kappa shape index (κ2) is 2.45. The Labute approximate surface area is 75.2 Å². The van der Waals surface area contributed by atoms with Crippen molar-refractivity contribution in [1.29, 1.82) is 0 Å². The van der Waals surface area contributed by atoms with E-state index in [1.807, 2.05) is 25.5 Å². The normalized spacial score (nSPS) is 11.0. The molecule has 0 aliphatic heterocycles. The van der Waals surface area contributed by atoms with Crippen LogP contribution in [0.1, 0.15) is 11.3 Å². The van der Waals surface area contributed by atoms with E-state index in [2.05, 4.69) is 10.2 Å². The van der Waals surface area contributed by atoms with E-state index in [-0.39, 0.29) is 5.56 Å². The smallest absolute Gasteiger partial charge is 0.288 e. The van der Waals surface area contributed by atoms with Crippen LogP contribution < -0.4 is 5.56 Å². The Morgan fingerprint density at radius 2 is 2.15 bits per heavy atom. The van der Waals surface area contributed by atoms with Gasteiger partial charge in [0.05, 0.1) is 6.20 Å². The maximum absolute atomic E-state index is 11.4. The average Bonchev–Trinajstić information content (AvgIpc) is 2.33. The first-order valence-electron chi connectivity index (χ1n) is 4.12. The largest absolute Gasteiger partial charge is 0.343 e. The van der Waals surface area contributed by atoms with Crippen molar-refractivity contribution in [3.8, 4) is 0 Å². The molecule has 0 saturated heterocycles. The highest BCUT2D eigenvalue weighted by atomic mass is 16.1. The van der Waals surface area contributed by atoms with Crippen molar-refractivity contribution < 1.29 is 0 Å². The standard InChI is InChI=1S/C9H11N3O/c1-5-6(2)12(3)8-7(5)4-10-11-9(8)13/h4H,1-3H3,(H,11,13). The quantitative estimate of drug-likeness (QED) is 0.649. The molecule has 2 aromatic heterocycles. The van der Waals surface area contributed by atoms with Gasteiger partial charge in [-0.3, -0.25) is 4.79 Å². The van der Waals surface area contributed by atoms with Crippen molar-refractivity contribution in [3.05, 3.63) is 27.8 Å². The van der Waals surface area contributed by atoms with Crippen LogP contribution in [0.2, 0.25) is 0 Å². The van der Waals surface area contributed by atoms with E-state index in [1.54, 1.807) is 6.20 Å². The van der Waals surface area contributed by atoms with Crippen molar-refractivity contribution in [2.75, 3.05) is 0 Å². The summed E-state index contributed by atoms with van der Waals surface area (Å²) >= 11 is 0. The highest BCUT2D eigenvalue weighted by Gasteiger charge is 2.10. The maximum Gasteiger partial charge on any atom is 0.288 e. The first-order chi connectivity index (χ1) is 6.13.